The first-order valence-corrected chi connectivity index (χ1v) is 12.0. The van der Waals surface area contributed by atoms with Gasteiger partial charge in [0, 0.05) is 5.92 Å². The lowest BCUT2D eigenvalue weighted by molar-refractivity contribution is -0.157. The highest BCUT2D eigenvalue weighted by Gasteiger charge is 2.42. The third-order valence-electron chi connectivity index (χ3n) is 6.04. The molecule has 34 heavy (non-hydrogen) atoms. The number of carboxylic acid groups (broad SMARTS) is 1. The summed E-state index contributed by atoms with van der Waals surface area (Å²) in [6, 6.07) is 8.55. The number of ketones is 1. The Hall–Kier alpha value is -2.74. The molecule has 8 heteroatoms. The maximum Gasteiger partial charge on any atom is 0.329 e. The number of amides is 1. The van der Waals surface area contributed by atoms with Crippen LogP contribution in [0.2, 0.25) is 0 Å². The Balaban J connectivity index is 2.06. The zero-order valence-corrected chi connectivity index (χ0v) is 20.7. The Kier molecular flexibility index (Phi) is 9.79. The van der Waals surface area contributed by atoms with Crippen molar-refractivity contribution >= 4 is 23.6 Å². The van der Waals surface area contributed by atoms with Crippen LogP contribution >= 0.6 is 0 Å². The van der Waals surface area contributed by atoms with E-state index in [1.54, 1.807) is 27.7 Å². The normalized spacial score (nSPS) is 17.3. The van der Waals surface area contributed by atoms with Gasteiger partial charge in [0.05, 0.1) is 19.0 Å². The van der Waals surface area contributed by atoms with Gasteiger partial charge in [0.25, 0.3) is 0 Å². The molecular weight excluding hydrogens is 436 g/mol. The molecule has 2 atom stereocenters. The summed E-state index contributed by atoms with van der Waals surface area (Å²) in [7, 11) is 0. The Morgan fingerprint density at radius 3 is 2.24 bits per heavy atom. The van der Waals surface area contributed by atoms with Crippen LogP contribution in [-0.2, 0) is 30.3 Å². The fourth-order valence-electron chi connectivity index (χ4n) is 4.12. The molecule has 0 aliphatic heterocycles. The van der Waals surface area contributed by atoms with Crippen LogP contribution < -0.4 is 10.6 Å². The molecular formula is C26H38N2O6. The van der Waals surface area contributed by atoms with Crippen molar-refractivity contribution in [3.05, 3.63) is 35.9 Å². The van der Waals surface area contributed by atoms with Crippen molar-refractivity contribution < 1.29 is 29.0 Å². The second-order valence-electron chi connectivity index (χ2n) is 10.2. The molecule has 0 spiro atoms. The molecule has 1 aliphatic carbocycles. The van der Waals surface area contributed by atoms with E-state index in [9.17, 15) is 24.3 Å². The van der Waals surface area contributed by atoms with E-state index in [0.717, 1.165) is 24.8 Å². The van der Waals surface area contributed by atoms with E-state index in [1.165, 1.54) is 0 Å². The quantitative estimate of drug-likeness (QED) is 0.421. The molecule has 1 fully saturated rings. The predicted molar refractivity (Wildman–Crippen MR) is 128 cm³/mol. The first kappa shape index (κ1) is 27.5. The molecule has 8 nitrogen and oxygen atoms in total. The van der Waals surface area contributed by atoms with E-state index in [2.05, 4.69) is 10.6 Å². The van der Waals surface area contributed by atoms with Crippen LogP contribution in [-0.4, -0.2) is 52.5 Å². The van der Waals surface area contributed by atoms with Gasteiger partial charge in [-0.15, -0.1) is 0 Å². The molecule has 3 N–H and O–H groups in total. The standard InChI is InChI=1S/C26H38N2O6/c1-18(15-22(30)34-25(2,3)4)21(29)17-27-20(16-19-11-7-5-8-12-19)23(31)28-26(24(32)33)13-9-6-10-14-26/h5,7-8,11-12,18,20,27H,6,9-10,13-17H2,1-4H3,(H,28,31)(H,32,33)/t18-,20+/m0/s1. The zero-order chi connectivity index (χ0) is 25.4. The molecule has 0 heterocycles. The Labute approximate surface area is 201 Å². The summed E-state index contributed by atoms with van der Waals surface area (Å²) >= 11 is 0. The summed E-state index contributed by atoms with van der Waals surface area (Å²) < 4.78 is 5.29. The number of Topliss-reactive ketones (excluding diaryl/α,β-unsaturated/α-hetero) is 1. The number of aliphatic carboxylic acids is 1. The number of hydrogen-bond acceptors (Lipinski definition) is 6. The van der Waals surface area contributed by atoms with Crippen LogP contribution in [0.5, 0.6) is 0 Å². The van der Waals surface area contributed by atoms with E-state index >= 15 is 0 Å². The maximum atomic E-state index is 13.2. The molecule has 1 saturated carbocycles. The summed E-state index contributed by atoms with van der Waals surface area (Å²) in [6.07, 6.45) is 3.45. The number of rotatable bonds is 11. The summed E-state index contributed by atoms with van der Waals surface area (Å²) in [5, 5.41) is 15.6. The number of hydrogen-bond donors (Lipinski definition) is 3. The van der Waals surface area contributed by atoms with Crippen LogP contribution in [0.15, 0.2) is 30.3 Å². The van der Waals surface area contributed by atoms with Crippen molar-refractivity contribution in [1.29, 1.82) is 0 Å². The number of benzene rings is 1. The Bertz CT molecular complexity index is 856. The van der Waals surface area contributed by atoms with Gasteiger partial charge in [-0.05, 0) is 45.6 Å². The highest BCUT2D eigenvalue weighted by atomic mass is 16.6. The molecule has 1 aliphatic rings. The van der Waals surface area contributed by atoms with Crippen LogP contribution in [0.4, 0.5) is 0 Å². The first-order valence-electron chi connectivity index (χ1n) is 12.0. The number of ether oxygens (including phenoxy) is 1. The lowest BCUT2D eigenvalue weighted by Gasteiger charge is -2.35. The van der Waals surface area contributed by atoms with Crippen molar-refractivity contribution in [3.8, 4) is 0 Å². The summed E-state index contributed by atoms with van der Waals surface area (Å²) in [5.41, 5.74) is -1.02. The molecule has 0 aromatic heterocycles. The monoisotopic (exact) mass is 474 g/mol. The molecule has 2 rings (SSSR count). The van der Waals surface area contributed by atoms with E-state index < -0.39 is 40.9 Å². The van der Waals surface area contributed by atoms with E-state index in [1.807, 2.05) is 30.3 Å². The zero-order valence-electron chi connectivity index (χ0n) is 20.7. The average molecular weight is 475 g/mol. The largest absolute Gasteiger partial charge is 0.480 e. The average Bonchev–Trinajstić information content (AvgIpc) is 2.76. The van der Waals surface area contributed by atoms with Crippen LogP contribution in [0, 0.1) is 5.92 Å². The third-order valence-corrected chi connectivity index (χ3v) is 6.04. The van der Waals surface area contributed by atoms with Crippen LogP contribution in [0.3, 0.4) is 0 Å². The summed E-state index contributed by atoms with van der Waals surface area (Å²) in [6.45, 7) is 6.84. The van der Waals surface area contributed by atoms with Gasteiger partial charge in [-0.1, -0.05) is 56.5 Å². The third kappa shape index (κ3) is 8.56. The van der Waals surface area contributed by atoms with E-state index in [-0.39, 0.29) is 18.7 Å². The van der Waals surface area contributed by atoms with Crippen molar-refractivity contribution in [1.82, 2.24) is 10.6 Å². The molecule has 0 radical (unpaired) electrons. The smallest absolute Gasteiger partial charge is 0.329 e. The molecule has 1 aromatic rings. The second-order valence-corrected chi connectivity index (χ2v) is 10.2. The van der Waals surface area contributed by atoms with Crippen molar-refractivity contribution in [2.75, 3.05) is 6.54 Å². The number of nitrogens with one attached hydrogen (secondary N) is 2. The van der Waals surface area contributed by atoms with Gasteiger partial charge in [0.15, 0.2) is 0 Å². The summed E-state index contributed by atoms with van der Waals surface area (Å²) in [4.78, 5) is 50.0. The van der Waals surface area contributed by atoms with Crippen LogP contribution in [0.25, 0.3) is 0 Å². The highest BCUT2D eigenvalue weighted by molar-refractivity contribution is 5.91. The van der Waals surface area contributed by atoms with Gasteiger partial charge in [-0.3, -0.25) is 19.7 Å². The van der Waals surface area contributed by atoms with Crippen LogP contribution in [0.1, 0.15) is 71.8 Å². The van der Waals surface area contributed by atoms with Crippen molar-refractivity contribution in [3.63, 3.8) is 0 Å². The molecule has 0 unspecified atom stereocenters. The van der Waals surface area contributed by atoms with Gasteiger partial charge < -0.3 is 15.2 Å². The van der Waals surface area contributed by atoms with Gasteiger partial charge in [0.2, 0.25) is 5.91 Å². The van der Waals surface area contributed by atoms with Crippen molar-refractivity contribution in [2.45, 2.75) is 89.8 Å². The minimum Gasteiger partial charge on any atom is -0.480 e. The Morgan fingerprint density at radius 2 is 1.68 bits per heavy atom. The van der Waals surface area contributed by atoms with Gasteiger partial charge >= 0.3 is 11.9 Å². The topological polar surface area (TPSA) is 122 Å². The lowest BCUT2D eigenvalue weighted by Crippen LogP contribution is -2.60. The fourth-order valence-corrected chi connectivity index (χ4v) is 4.12. The lowest BCUT2D eigenvalue weighted by atomic mass is 9.81. The summed E-state index contributed by atoms with van der Waals surface area (Å²) in [5.74, 6) is -2.72. The minimum absolute atomic E-state index is 0.0462. The molecule has 1 amide bonds. The molecule has 0 bridgehead atoms. The SMILES string of the molecule is C[C@@H](CC(=O)OC(C)(C)C)C(=O)CN[C@H](Cc1ccccc1)C(=O)NC1(C(=O)O)CCCCC1. The van der Waals surface area contributed by atoms with Gasteiger partial charge in [-0.2, -0.15) is 0 Å². The number of carbonyl (C=O) groups excluding carboxylic acids is 3. The second kappa shape index (κ2) is 12.1. The minimum atomic E-state index is -1.28. The van der Waals surface area contributed by atoms with Gasteiger partial charge in [-0.25, -0.2) is 4.79 Å². The van der Waals surface area contributed by atoms with Crippen molar-refractivity contribution in [2.24, 2.45) is 5.92 Å². The van der Waals surface area contributed by atoms with Gasteiger partial charge in [0.1, 0.15) is 16.9 Å². The molecule has 1 aromatic carbocycles. The number of carbonyl (C=O) groups is 4. The maximum absolute atomic E-state index is 13.2. The number of carboxylic acids is 1. The Morgan fingerprint density at radius 1 is 1.06 bits per heavy atom. The molecule has 0 saturated heterocycles. The fraction of sp³-hybridized carbons (Fsp3) is 0.615. The highest BCUT2D eigenvalue weighted by Crippen LogP contribution is 2.28. The molecule has 188 valence electrons. The predicted octanol–water partition coefficient (Wildman–Crippen LogP) is 3.03. The van der Waals surface area contributed by atoms with E-state index in [0.29, 0.717) is 19.3 Å². The first-order chi connectivity index (χ1) is 15.9. The van der Waals surface area contributed by atoms with E-state index in [4.69, 9.17) is 4.74 Å². The number of esters is 1.